The molecule has 0 aromatic carbocycles. The predicted octanol–water partition coefficient (Wildman–Crippen LogP) is 3.01. The summed E-state index contributed by atoms with van der Waals surface area (Å²) in [5.41, 5.74) is 1.63. The van der Waals surface area contributed by atoms with Gasteiger partial charge in [0.25, 0.3) is 0 Å². The van der Waals surface area contributed by atoms with Crippen molar-refractivity contribution in [2.24, 2.45) is 0 Å². The molecule has 0 spiro atoms. The second kappa shape index (κ2) is 4.33. The number of aromatic nitrogens is 1. The van der Waals surface area contributed by atoms with E-state index >= 15 is 0 Å². The Balaban J connectivity index is 2.24. The molecule has 2 nitrogen and oxygen atoms in total. The molecule has 1 saturated carbocycles. The SMILES string of the molecule is CNC1(c2ccc(C)nc2)CCC(F)(F)CC1. The number of halogens is 2. The summed E-state index contributed by atoms with van der Waals surface area (Å²) in [6, 6.07) is 3.92. The molecule has 0 unspecified atom stereocenters. The maximum absolute atomic E-state index is 13.2. The van der Waals surface area contributed by atoms with Gasteiger partial charge in [-0.05, 0) is 38.4 Å². The molecule has 94 valence electrons. The zero-order chi connectivity index (χ0) is 12.5. The molecule has 1 aliphatic carbocycles. The first-order valence-electron chi connectivity index (χ1n) is 5.97. The van der Waals surface area contributed by atoms with Crippen LogP contribution < -0.4 is 5.32 Å². The molecule has 4 heteroatoms. The summed E-state index contributed by atoms with van der Waals surface area (Å²) in [4.78, 5) is 4.26. The normalized spacial score (nSPS) is 22.4. The number of alkyl halides is 2. The van der Waals surface area contributed by atoms with Crippen LogP contribution in [0.4, 0.5) is 8.78 Å². The molecular formula is C13H18F2N2. The Labute approximate surface area is 100 Å². The highest BCUT2D eigenvalue weighted by Crippen LogP contribution is 2.43. The van der Waals surface area contributed by atoms with Crippen LogP contribution in [-0.4, -0.2) is 18.0 Å². The van der Waals surface area contributed by atoms with Gasteiger partial charge in [-0.1, -0.05) is 6.07 Å². The average Bonchev–Trinajstić information content (AvgIpc) is 2.31. The van der Waals surface area contributed by atoms with E-state index in [1.54, 1.807) is 6.20 Å². The summed E-state index contributed by atoms with van der Waals surface area (Å²) < 4.78 is 26.4. The third-order valence-electron chi connectivity index (χ3n) is 3.78. The summed E-state index contributed by atoms with van der Waals surface area (Å²) in [6.07, 6.45) is 2.61. The van der Waals surface area contributed by atoms with Gasteiger partial charge >= 0.3 is 0 Å². The van der Waals surface area contributed by atoms with Gasteiger partial charge in [0.1, 0.15) is 0 Å². The molecule has 1 fully saturated rings. The second-order valence-electron chi connectivity index (χ2n) is 4.88. The first-order valence-corrected chi connectivity index (χ1v) is 5.97. The van der Waals surface area contributed by atoms with Crippen LogP contribution in [0.25, 0.3) is 0 Å². The van der Waals surface area contributed by atoms with Crippen LogP contribution >= 0.6 is 0 Å². The van der Waals surface area contributed by atoms with Crippen molar-refractivity contribution < 1.29 is 8.78 Å². The topological polar surface area (TPSA) is 24.9 Å². The van der Waals surface area contributed by atoms with Crippen LogP contribution in [0.15, 0.2) is 18.3 Å². The van der Waals surface area contributed by atoms with E-state index in [1.165, 1.54) is 0 Å². The molecule has 1 aliphatic rings. The zero-order valence-electron chi connectivity index (χ0n) is 10.3. The van der Waals surface area contributed by atoms with Crippen LogP contribution in [-0.2, 0) is 5.54 Å². The maximum atomic E-state index is 13.2. The predicted molar refractivity (Wildman–Crippen MR) is 63.1 cm³/mol. The number of hydrogen-bond acceptors (Lipinski definition) is 2. The second-order valence-corrected chi connectivity index (χ2v) is 4.88. The fourth-order valence-electron chi connectivity index (χ4n) is 2.48. The van der Waals surface area contributed by atoms with Gasteiger partial charge in [-0.25, -0.2) is 8.78 Å². The number of nitrogens with one attached hydrogen (secondary N) is 1. The smallest absolute Gasteiger partial charge is 0.248 e. The molecule has 2 rings (SSSR count). The van der Waals surface area contributed by atoms with Crippen LogP contribution in [0.2, 0.25) is 0 Å². The van der Waals surface area contributed by atoms with Crippen LogP contribution in [0.3, 0.4) is 0 Å². The van der Waals surface area contributed by atoms with Crippen LogP contribution in [0.5, 0.6) is 0 Å². The quantitative estimate of drug-likeness (QED) is 0.859. The fourth-order valence-corrected chi connectivity index (χ4v) is 2.48. The maximum Gasteiger partial charge on any atom is 0.248 e. The van der Waals surface area contributed by atoms with Crippen molar-refractivity contribution in [3.05, 3.63) is 29.6 Å². The lowest BCUT2D eigenvalue weighted by molar-refractivity contribution is -0.0560. The van der Waals surface area contributed by atoms with Crippen molar-refractivity contribution in [1.29, 1.82) is 0 Å². The third-order valence-corrected chi connectivity index (χ3v) is 3.78. The molecule has 1 aromatic rings. The molecule has 1 aromatic heterocycles. The lowest BCUT2D eigenvalue weighted by Crippen LogP contribution is -2.45. The van der Waals surface area contributed by atoms with Gasteiger partial charge in [0.2, 0.25) is 5.92 Å². The third kappa shape index (κ3) is 2.46. The summed E-state index contributed by atoms with van der Waals surface area (Å²) in [5, 5.41) is 3.22. The molecule has 0 radical (unpaired) electrons. The van der Waals surface area contributed by atoms with E-state index in [2.05, 4.69) is 10.3 Å². The fraction of sp³-hybridized carbons (Fsp3) is 0.615. The van der Waals surface area contributed by atoms with Gasteiger partial charge in [-0.3, -0.25) is 4.98 Å². The van der Waals surface area contributed by atoms with Gasteiger partial charge in [-0.2, -0.15) is 0 Å². The summed E-state index contributed by atoms with van der Waals surface area (Å²) >= 11 is 0. The lowest BCUT2D eigenvalue weighted by atomic mass is 9.76. The van der Waals surface area contributed by atoms with E-state index in [0.717, 1.165) is 11.3 Å². The van der Waals surface area contributed by atoms with E-state index in [9.17, 15) is 8.78 Å². The molecule has 0 atom stereocenters. The molecule has 0 bridgehead atoms. The minimum Gasteiger partial charge on any atom is -0.310 e. The monoisotopic (exact) mass is 240 g/mol. The lowest BCUT2D eigenvalue weighted by Gasteiger charge is -2.40. The van der Waals surface area contributed by atoms with Crippen LogP contribution in [0, 0.1) is 6.92 Å². The Kier molecular flexibility index (Phi) is 3.17. The Morgan fingerprint density at radius 2 is 1.82 bits per heavy atom. The Morgan fingerprint density at radius 1 is 1.18 bits per heavy atom. The van der Waals surface area contributed by atoms with Crippen molar-refractivity contribution in [2.45, 2.75) is 44.1 Å². The molecular weight excluding hydrogens is 222 g/mol. The minimum absolute atomic E-state index is 0.0539. The molecule has 1 heterocycles. The number of nitrogens with zero attached hydrogens (tertiary/aromatic N) is 1. The Hall–Kier alpha value is -1.03. The first kappa shape index (κ1) is 12.4. The van der Waals surface area contributed by atoms with E-state index in [4.69, 9.17) is 0 Å². The molecule has 0 saturated heterocycles. The molecule has 1 N–H and O–H groups in total. The molecule has 0 aliphatic heterocycles. The highest BCUT2D eigenvalue weighted by Gasteiger charge is 2.43. The van der Waals surface area contributed by atoms with Crippen molar-refractivity contribution in [3.8, 4) is 0 Å². The zero-order valence-corrected chi connectivity index (χ0v) is 10.3. The van der Waals surface area contributed by atoms with Crippen molar-refractivity contribution >= 4 is 0 Å². The standard InChI is InChI=1S/C13H18F2N2/c1-10-3-4-11(9-17-10)12(16-2)5-7-13(14,15)8-6-12/h3-4,9,16H,5-8H2,1-2H3. The van der Waals surface area contributed by atoms with Crippen molar-refractivity contribution in [1.82, 2.24) is 10.3 Å². The van der Waals surface area contributed by atoms with E-state index in [0.29, 0.717) is 12.8 Å². The van der Waals surface area contributed by atoms with E-state index in [-0.39, 0.29) is 18.4 Å². The molecule has 0 amide bonds. The number of aryl methyl sites for hydroxylation is 1. The molecule has 17 heavy (non-hydrogen) atoms. The van der Waals surface area contributed by atoms with Gasteiger partial charge in [0.05, 0.1) is 0 Å². The largest absolute Gasteiger partial charge is 0.310 e. The highest BCUT2D eigenvalue weighted by atomic mass is 19.3. The van der Waals surface area contributed by atoms with Crippen molar-refractivity contribution in [3.63, 3.8) is 0 Å². The van der Waals surface area contributed by atoms with E-state index < -0.39 is 5.92 Å². The Bertz CT molecular complexity index is 377. The van der Waals surface area contributed by atoms with Gasteiger partial charge in [-0.15, -0.1) is 0 Å². The van der Waals surface area contributed by atoms with Crippen molar-refractivity contribution in [2.75, 3.05) is 7.05 Å². The van der Waals surface area contributed by atoms with Gasteiger partial charge in [0.15, 0.2) is 0 Å². The summed E-state index contributed by atoms with van der Waals surface area (Å²) in [5.74, 6) is -2.50. The number of hydrogen-bond donors (Lipinski definition) is 1. The van der Waals surface area contributed by atoms with Gasteiger partial charge < -0.3 is 5.32 Å². The highest BCUT2D eigenvalue weighted by molar-refractivity contribution is 5.24. The van der Waals surface area contributed by atoms with Crippen LogP contribution in [0.1, 0.15) is 36.9 Å². The summed E-state index contributed by atoms with van der Waals surface area (Å²) in [7, 11) is 1.84. The first-order chi connectivity index (χ1) is 7.97. The number of pyridine rings is 1. The minimum atomic E-state index is -2.50. The average molecular weight is 240 g/mol. The number of rotatable bonds is 2. The van der Waals surface area contributed by atoms with E-state index in [1.807, 2.05) is 26.1 Å². The Morgan fingerprint density at radius 3 is 2.29 bits per heavy atom. The summed E-state index contributed by atoms with van der Waals surface area (Å²) in [6.45, 7) is 1.92. The van der Waals surface area contributed by atoms with Gasteiger partial charge in [0, 0.05) is 30.3 Å².